The Morgan fingerprint density at radius 2 is 2.14 bits per heavy atom. The molecule has 0 aliphatic carbocycles. The Hall–Kier alpha value is -2.99. The first-order chi connectivity index (χ1) is 14.0. The van der Waals surface area contributed by atoms with Gasteiger partial charge in [0.15, 0.2) is 5.76 Å². The van der Waals surface area contributed by atoms with E-state index in [4.69, 9.17) is 20.8 Å². The number of carbonyl (C=O) groups excluding carboxylic acids is 1. The summed E-state index contributed by atoms with van der Waals surface area (Å²) < 4.78 is 13.3. The number of furan rings is 1. The van der Waals surface area contributed by atoms with Gasteiger partial charge in [-0.2, -0.15) is 5.10 Å². The van der Waals surface area contributed by atoms with Crippen molar-refractivity contribution >= 4 is 17.5 Å². The number of hydrogen-bond acceptors (Lipinski definition) is 4. The lowest BCUT2D eigenvalue weighted by atomic mass is 10.1. The molecule has 7 heteroatoms. The van der Waals surface area contributed by atoms with E-state index >= 15 is 0 Å². The Kier molecular flexibility index (Phi) is 6.77. The number of nitrogens with zero attached hydrogens (tertiary/aromatic N) is 3. The molecule has 2 heterocycles. The molecule has 6 nitrogen and oxygen atoms in total. The fourth-order valence-corrected chi connectivity index (χ4v) is 3.19. The summed E-state index contributed by atoms with van der Waals surface area (Å²) in [5.41, 5.74) is 1.84. The van der Waals surface area contributed by atoms with Crippen LogP contribution in [0.25, 0.3) is 0 Å². The van der Waals surface area contributed by atoms with Gasteiger partial charge in [0.25, 0.3) is 5.91 Å². The van der Waals surface area contributed by atoms with Crippen molar-refractivity contribution in [3.8, 4) is 5.75 Å². The summed E-state index contributed by atoms with van der Waals surface area (Å²) >= 11 is 6.19. The normalized spacial score (nSPS) is 10.7. The Bertz CT molecular complexity index is 993. The van der Waals surface area contributed by atoms with E-state index in [1.54, 1.807) is 35.0 Å². The van der Waals surface area contributed by atoms with Crippen molar-refractivity contribution in [2.45, 2.75) is 33.0 Å². The van der Waals surface area contributed by atoms with Crippen molar-refractivity contribution in [3.63, 3.8) is 0 Å². The zero-order valence-electron chi connectivity index (χ0n) is 16.6. The molecule has 1 aromatic carbocycles. The fraction of sp³-hybridized carbons (Fsp3) is 0.273. The van der Waals surface area contributed by atoms with Crippen LogP contribution in [-0.2, 0) is 26.1 Å². The zero-order valence-corrected chi connectivity index (χ0v) is 17.4. The van der Waals surface area contributed by atoms with Crippen molar-refractivity contribution < 1.29 is 13.9 Å². The number of ether oxygens (including phenoxy) is 1. The van der Waals surface area contributed by atoms with Crippen molar-refractivity contribution in [1.29, 1.82) is 0 Å². The highest BCUT2D eigenvalue weighted by Crippen LogP contribution is 2.22. The molecule has 0 saturated carbocycles. The van der Waals surface area contributed by atoms with Crippen LogP contribution in [-0.4, -0.2) is 27.6 Å². The minimum absolute atomic E-state index is 0.233. The summed E-state index contributed by atoms with van der Waals surface area (Å²) in [6.45, 7) is 7.00. The van der Waals surface area contributed by atoms with Gasteiger partial charge in [-0.1, -0.05) is 35.9 Å². The van der Waals surface area contributed by atoms with Gasteiger partial charge in [0.05, 0.1) is 23.5 Å². The van der Waals surface area contributed by atoms with Gasteiger partial charge < -0.3 is 14.1 Å². The topological polar surface area (TPSA) is 60.5 Å². The lowest BCUT2D eigenvalue weighted by molar-refractivity contribution is 0.0745. The number of rotatable bonds is 9. The molecule has 0 bridgehead atoms. The van der Waals surface area contributed by atoms with Crippen LogP contribution >= 0.6 is 11.6 Å². The molecule has 0 unspecified atom stereocenters. The van der Waals surface area contributed by atoms with Crippen LogP contribution in [0.3, 0.4) is 0 Å². The lowest BCUT2D eigenvalue weighted by Crippen LogP contribution is -2.27. The van der Waals surface area contributed by atoms with Crippen LogP contribution in [0.2, 0.25) is 5.02 Å². The molecule has 3 aromatic rings. The monoisotopic (exact) mass is 413 g/mol. The summed E-state index contributed by atoms with van der Waals surface area (Å²) in [7, 11) is 1.70. The number of halogens is 1. The van der Waals surface area contributed by atoms with Gasteiger partial charge in [0, 0.05) is 13.6 Å². The smallest absolute Gasteiger partial charge is 0.289 e. The molecular weight excluding hydrogens is 390 g/mol. The highest BCUT2D eigenvalue weighted by atomic mass is 35.5. The predicted molar refractivity (Wildman–Crippen MR) is 112 cm³/mol. The van der Waals surface area contributed by atoms with Crippen LogP contribution < -0.4 is 4.74 Å². The zero-order chi connectivity index (χ0) is 20.8. The van der Waals surface area contributed by atoms with Crippen LogP contribution in [0.4, 0.5) is 0 Å². The molecule has 152 valence electrons. The Balaban J connectivity index is 1.64. The minimum atomic E-state index is -0.233. The third kappa shape index (κ3) is 4.90. The highest BCUT2D eigenvalue weighted by molar-refractivity contribution is 6.31. The summed E-state index contributed by atoms with van der Waals surface area (Å²) in [6.07, 6.45) is 4.14. The SMILES string of the molecule is C=CCc1ccccc1OCc1ccc(C(=O)N(C)Cc2c(Cl)cnn2CC)o1. The van der Waals surface area contributed by atoms with Gasteiger partial charge in [-0.3, -0.25) is 9.48 Å². The molecular formula is C22H24ClN3O3. The van der Waals surface area contributed by atoms with Crippen LogP contribution in [0, 0.1) is 0 Å². The molecule has 0 saturated heterocycles. The standard InChI is InChI=1S/C22H24ClN3O3/c1-4-8-16-9-6-7-10-20(16)28-15-17-11-12-21(29-17)22(27)25(3)14-19-18(23)13-24-26(19)5-2/h4,6-7,9-13H,1,5,8,14-15H2,2-3H3. The maximum atomic E-state index is 12.7. The van der Waals surface area contributed by atoms with Gasteiger partial charge in [0.1, 0.15) is 18.1 Å². The van der Waals surface area contributed by atoms with E-state index in [2.05, 4.69) is 11.7 Å². The van der Waals surface area contributed by atoms with E-state index in [0.29, 0.717) is 23.9 Å². The Labute approximate surface area is 175 Å². The van der Waals surface area contributed by atoms with Crippen molar-refractivity contribution in [2.24, 2.45) is 0 Å². The quantitative estimate of drug-likeness (QED) is 0.476. The number of aromatic nitrogens is 2. The van der Waals surface area contributed by atoms with Gasteiger partial charge in [-0.15, -0.1) is 6.58 Å². The number of aryl methyl sites for hydroxylation is 1. The minimum Gasteiger partial charge on any atom is -0.485 e. The predicted octanol–water partition coefficient (Wildman–Crippen LogP) is 4.73. The second kappa shape index (κ2) is 9.47. The maximum Gasteiger partial charge on any atom is 0.289 e. The molecule has 0 radical (unpaired) electrons. The van der Waals surface area contributed by atoms with E-state index in [1.165, 1.54) is 0 Å². The highest BCUT2D eigenvalue weighted by Gasteiger charge is 2.19. The first kappa shape index (κ1) is 20.7. The molecule has 0 aliphatic rings. The number of carbonyl (C=O) groups is 1. The molecule has 0 aliphatic heterocycles. The van der Waals surface area contributed by atoms with E-state index in [-0.39, 0.29) is 18.3 Å². The first-order valence-corrected chi connectivity index (χ1v) is 9.77. The van der Waals surface area contributed by atoms with Crippen molar-refractivity contribution in [2.75, 3.05) is 7.05 Å². The second-order valence-corrected chi connectivity index (χ2v) is 6.98. The van der Waals surface area contributed by atoms with Crippen LogP contribution in [0.5, 0.6) is 5.75 Å². The summed E-state index contributed by atoms with van der Waals surface area (Å²) in [4.78, 5) is 14.3. The summed E-state index contributed by atoms with van der Waals surface area (Å²) in [5.74, 6) is 1.37. The average molecular weight is 414 g/mol. The fourth-order valence-electron chi connectivity index (χ4n) is 2.99. The van der Waals surface area contributed by atoms with E-state index in [1.807, 2.05) is 37.3 Å². The van der Waals surface area contributed by atoms with Gasteiger partial charge >= 0.3 is 0 Å². The molecule has 0 atom stereocenters. The van der Waals surface area contributed by atoms with E-state index in [0.717, 1.165) is 23.4 Å². The number of hydrogen-bond donors (Lipinski definition) is 0. The largest absolute Gasteiger partial charge is 0.485 e. The number of para-hydroxylation sites is 1. The van der Waals surface area contributed by atoms with Crippen molar-refractivity contribution in [1.82, 2.24) is 14.7 Å². The van der Waals surface area contributed by atoms with E-state index < -0.39 is 0 Å². The maximum absolute atomic E-state index is 12.7. The third-order valence-corrected chi connectivity index (χ3v) is 4.83. The molecule has 0 N–H and O–H groups in total. The van der Waals surface area contributed by atoms with Crippen molar-refractivity contribution in [3.05, 3.63) is 83.1 Å². The van der Waals surface area contributed by atoms with Crippen LogP contribution in [0.1, 0.15) is 34.5 Å². The molecule has 2 aromatic heterocycles. The number of allylic oxidation sites excluding steroid dienone is 1. The Morgan fingerprint density at radius 1 is 1.34 bits per heavy atom. The molecule has 0 spiro atoms. The summed E-state index contributed by atoms with van der Waals surface area (Å²) in [5, 5.41) is 4.74. The van der Waals surface area contributed by atoms with Gasteiger partial charge in [-0.05, 0) is 37.1 Å². The first-order valence-electron chi connectivity index (χ1n) is 9.39. The van der Waals surface area contributed by atoms with Crippen LogP contribution in [0.15, 0.2) is 59.7 Å². The number of benzene rings is 1. The number of amides is 1. The third-order valence-electron chi connectivity index (χ3n) is 4.51. The molecule has 0 fully saturated rings. The molecule has 1 amide bonds. The molecule has 3 rings (SSSR count). The Morgan fingerprint density at radius 3 is 2.90 bits per heavy atom. The lowest BCUT2D eigenvalue weighted by Gasteiger charge is -2.16. The second-order valence-electron chi connectivity index (χ2n) is 6.57. The summed E-state index contributed by atoms with van der Waals surface area (Å²) in [6, 6.07) is 11.2. The average Bonchev–Trinajstić information content (AvgIpc) is 3.34. The van der Waals surface area contributed by atoms with Gasteiger partial charge in [-0.25, -0.2) is 0 Å². The molecule has 29 heavy (non-hydrogen) atoms. The van der Waals surface area contributed by atoms with E-state index in [9.17, 15) is 4.79 Å². The van der Waals surface area contributed by atoms with Gasteiger partial charge in [0.2, 0.25) is 0 Å².